The quantitative estimate of drug-likeness (QED) is 0.852. The molecule has 2 N–H and O–H groups in total. The Bertz CT molecular complexity index is 472. The number of ether oxygens (including phenoxy) is 2. The van der Waals surface area contributed by atoms with Crippen LogP contribution < -0.4 is 5.32 Å². The van der Waals surface area contributed by atoms with Gasteiger partial charge in [-0.3, -0.25) is 0 Å². The first kappa shape index (κ1) is 13.8. The van der Waals surface area contributed by atoms with E-state index in [0.29, 0.717) is 26.2 Å². The molecule has 1 heterocycles. The first-order chi connectivity index (χ1) is 9.08. The Morgan fingerprint density at radius 3 is 3.00 bits per heavy atom. The summed E-state index contributed by atoms with van der Waals surface area (Å²) in [5, 5.41) is 12.0. The molecule has 0 bridgehead atoms. The highest BCUT2D eigenvalue weighted by molar-refractivity contribution is 5.94. The fraction of sp³-hybridized carbons (Fsp3) is 0.462. The van der Waals surface area contributed by atoms with Crippen molar-refractivity contribution in [3.63, 3.8) is 0 Å². The Kier molecular flexibility index (Phi) is 4.01. The van der Waals surface area contributed by atoms with Gasteiger partial charge in [-0.05, 0) is 12.1 Å². The van der Waals surface area contributed by atoms with Crippen LogP contribution in [0.2, 0.25) is 0 Å². The van der Waals surface area contributed by atoms with E-state index in [1.807, 2.05) is 0 Å². The Morgan fingerprint density at radius 2 is 2.42 bits per heavy atom. The zero-order valence-electron chi connectivity index (χ0n) is 10.6. The van der Waals surface area contributed by atoms with E-state index >= 15 is 0 Å². The van der Waals surface area contributed by atoms with E-state index in [2.05, 4.69) is 5.32 Å². The van der Waals surface area contributed by atoms with Gasteiger partial charge in [0.1, 0.15) is 17.0 Å². The molecular weight excluding hydrogens is 253 g/mol. The van der Waals surface area contributed by atoms with Gasteiger partial charge < -0.3 is 19.9 Å². The van der Waals surface area contributed by atoms with E-state index < -0.39 is 17.4 Å². The number of benzene rings is 1. The van der Waals surface area contributed by atoms with E-state index in [4.69, 9.17) is 14.6 Å². The second-order valence-corrected chi connectivity index (χ2v) is 4.51. The van der Waals surface area contributed by atoms with Gasteiger partial charge in [-0.25, -0.2) is 9.18 Å². The minimum absolute atomic E-state index is 0.246. The van der Waals surface area contributed by atoms with Gasteiger partial charge in [0.15, 0.2) is 0 Å². The molecule has 2 rings (SSSR count). The van der Waals surface area contributed by atoms with Crippen LogP contribution in [0.4, 0.5) is 10.1 Å². The van der Waals surface area contributed by atoms with Gasteiger partial charge in [0.25, 0.3) is 0 Å². The Balaban J connectivity index is 2.15. The van der Waals surface area contributed by atoms with Gasteiger partial charge in [-0.15, -0.1) is 0 Å². The predicted molar refractivity (Wildman–Crippen MR) is 67.0 cm³/mol. The second-order valence-electron chi connectivity index (χ2n) is 4.51. The molecule has 5 nitrogen and oxygen atoms in total. The summed E-state index contributed by atoms with van der Waals surface area (Å²) in [7, 11) is 1.58. The Labute approximate surface area is 110 Å². The number of carboxylic acid groups (broad SMARTS) is 1. The third-order valence-electron chi connectivity index (χ3n) is 3.33. The summed E-state index contributed by atoms with van der Waals surface area (Å²) in [5.74, 6) is -2.05. The van der Waals surface area contributed by atoms with Crippen molar-refractivity contribution in [1.82, 2.24) is 0 Å². The monoisotopic (exact) mass is 269 g/mol. The number of hydrogen-bond donors (Lipinski definition) is 2. The van der Waals surface area contributed by atoms with Crippen molar-refractivity contribution in [2.75, 3.05) is 32.2 Å². The Hall–Kier alpha value is -1.66. The summed E-state index contributed by atoms with van der Waals surface area (Å²) in [5.41, 5.74) is -0.592. The molecule has 0 spiro atoms. The lowest BCUT2D eigenvalue weighted by atomic mass is 10.0. The van der Waals surface area contributed by atoms with Crippen molar-refractivity contribution < 1.29 is 23.8 Å². The van der Waals surface area contributed by atoms with Crippen LogP contribution in [0.5, 0.6) is 0 Å². The SMILES string of the molecule is COC1(CNc2cccc(F)c2C(=O)O)CCOC1. The van der Waals surface area contributed by atoms with Gasteiger partial charge in [0.2, 0.25) is 0 Å². The number of aromatic carboxylic acids is 1. The van der Waals surface area contributed by atoms with Crippen LogP contribution in [-0.2, 0) is 9.47 Å². The molecule has 1 saturated heterocycles. The lowest BCUT2D eigenvalue weighted by molar-refractivity contribution is -0.00622. The number of rotatable bonds is 5. The molecule has 0 aromatic heterocycles. The highest BCUT2D eigenvalue weighted by atomic mass is 19.1. The first-order valence-corrected chi connectivity index (χ1v) is 5.96. The van der Waals surface area contributed by atoms with Crippen molar-refractivity contribution >= 4 is 11.7 Å². The maximum absolute atomic E-state index is 13.5. The van der Waals surface area contributed by atoms with Crippen molar-refractivity contribution in [1.29, 1.82) is 0 Å². The molecule has 1 atom stereocenters. The summed E-state index contributed by atoms with van der Waals surface area (Å²) in [6, 6.07) is 4.12. The van der Waals surface area contributed by atoms with E-state index in [1.54, 1.807) is 7.11 Å². The molecule has 1 fully saturated rings. The normalized spacial score (nSPS) is 22.4. The van der Waals surface area contributed by atoms with E-state index in [0.717, 1.165) is 6.07 Å². The topological polar surface area (TPSA) is 67.8 Å². The van der Waals surface area contributed by atoms with Gasteiger partial charge in [0, 0.05) is 26.7 Å². The molecular formula is C13H16FNO4. The van der Waals surface area contributed by atoms with Crippen molar-refractivity contribution in [3.05, 3.63) is 29.6 Å². The standard InChI is InChI=1S/C13H16FNO4/c1-18-13(5-6-19-8-13)7-15-10-4-2-3-9(14)11(10)12(16)17/h2-4,15H,5-8H2,1H3,(H,16,17). The van der Waals surface area contributed by atoms with Crippen LogP contribution >= 0.6 is 0 Å². The van der Waals surface area contributed by atoms with Crippen LogP contribution in [0.1, 0.15) is 16.8 Å². The number of anilines is 1. The number of methoxy groups -OCH3 is 1. The van der Waals surface area contributed by atoms with Crippen molar-refractivity contribution in [2.45, 2.75) is 12.0 Å². The van der Waals surface area contributed by atoms with E-state index in [1.165, 1.54) is 12.1 Å². The Morgan fingerprint density at radius 1 is 1.63 bits per heavy atom. The van der Waals surface area contributed by atoms with Gasteiger partial charge in [0.05, 0.1) is 12.3 Å². The highest BCUT2D eigenvalue weighted by Gasteiger charge is 2.35. The second kappa shape index (κ2) is 5.54. The van der Waals surface area contributed by atoms with Crippen LogP contribution in [-0.4, -0.2) is 43.5 Å². The highest BCUT2D eigenvalue weighted by Crippen LogP contribution is 2.25. The smallest absolute Gasteiger partial charge is 0.340 e. The molecule has 0 radical (unpaired) electrons. The van der Waals surface area contributed by atoms with Crippen LogP contribution in [0.25, 0.3) is 0 Å². The maximum Gasteiger partial charge on any atom is 0.340 e. The summed E-state index contributed by atoms with van der Waals surface area (Å²) in [6.07, 6.45) is 0.716. The van der Waals surface area contributed by atoms with Gasteiger partial charge in [-0.1, -0.05) is 6.07 Å². The molecule has 0 amide bonds. The lowest BCUT2D eigenvalue weighted by Gasteiger charge is -2.26. The molecule has 1 aromatic carbocycles. The molecule has 1 aromatic rings. The molecule has 19 heavy (non-hydrogen) atoms. The number of carbonyl (C=O) groups is 1. The summed E-state index contributed by atoms with van der Waals surface area (Å²) in [6.45, 7) is 1.41. The summed E-state index contributed by atoms with van der Waals surface area (Å²) < 4.78 is 24.2. The molecule has 1 aliphatic rings. The first-order valence-electron chi connectivity index (χ1n) is 5.96. The van der Waals surface area contributed by atoms with Gasteiger partial charge >= 0.3 is 5.97 Å². The molecule has 1 unspecified atom stereocenters. The van der Waals surface area contributed by atoms with Crippen LogP contribution in [0.3, 0.4) is 0 Å². The summed E-state index contributed by atoms with van der Waals surface area (Å²) >= 11 is 0. The van der Waals surface area contributed by atoms with Crippen LogP contribution in [0.15, 0.2) is 18.2 Å². The zero-order valence-corrected chi connectivity index (χ0v) is 10.6. The van der Waals surface area contributed by atoms with Crippen molar-refractivity contribution in [2.24, 2.45) is 0 Å². The number of hydrogen-bond acceptors (Lipinski definition) is 4. The van der Waals surface area contributed by atoms with Crippen molar-refractivity contribution in [3.8, 4) is 0 Å². The molecule has 0 saturated carbocycles. The van der Waals surface area contributed by atoms with E-state index in [-0.39, 0.29) is 11.3 Å². The average Bonchev–Trinajstić information content (AvgIpc) is 2.85. The predicted octanol–water partition coefficient (Wildman–Crippen LogP) is 1.74. The number of carboxylic acids is 1. The van der Waals surface area contributed by atoms with E-state index in [9.17, 15) is 9.18 Å². The largest absolute Gasteiger partial charge is 0.478 e. The molecule has 6 heteroatoms. The molecule has 1 aliphatic heterocycles. The number of halogens is 1. The third-order valence-corrected chi connectivity index (χ3v) is 3.33. The minimum Gasteiger partial charge on any atom is -0.478 e. The zero-order chi connectivity index (χ0) is 13.9. The minimum atomic E-state index is -1.30. The molecule has 104 valence electrons. The fourth-order valence-corrected chi connectivity index (χ4v) is 2.11. The van der Waals surface area contributed by atoms with Gasteiger partial charge in [-0.2, -0.15) is 0 Å². The van der Waals surface area contributed by atoms with Crippen LogP contribution in [0, 0.1) is 5.82 Å². The fourth-order valence-electron chi connectivity index (χ4n) is 2.11. The third kappa shape index (κ3) is 2.85. The summed E-state index contributed by atoms with van der Waals surface area (Å²) in [4.78, 5) is 11.1. The average molecular weight is 269 g/mol. The number of nitrogens with one attached hydrogen (secondary N) is 1. The maximum atomic E-state index is 13.5. The molecule has 0 aliphatic carbocycles. The lowest BCUT2D eigenvalue weighted by Crippen LogP contribution is -2.39.